The molecule has 8 heteroatoms. The number of thiocarbonyl (C=S) groups is 1. The van der Waals surface area contributed by atoms with Crippen LogP contribution in [0.1, 0.15) is 0 Å². The van der Waals surface area contributed by atoms with E-state index in [4.69, 9.17) is 5.73 Å². The van der Waals surface area contributed by atoms with Crippen LogP contribution in [0.5, 0.6) is 0 Å². The number of nitrogens with one attached hydrogen (secondary N) is 2. The molecule has 1 aromatic rings. The molecule has 0 saturated carbocycles. The number of hydrogen-bond donors (Lipinski definition) is 3. The summed E-state index contributed by atoms with van der Waals surface area (Å²) in [5.74, 6) is 0.288. The second-order valence-electron chi connectivity index (χ2n) is 2.88. The number of nitrogens with two attached hydrogens (primary N) is 1. The summed E-state index contributed by atoms with van der Waals surface area (Å²) in [4.78, 5) is 22.7. The van der Waals surface area contributed by atoms with E-state index in [-0.39, 0.29) is 10.9 Å². The predicted molar refractivity (Wildman–Crippen MR) is 60.5 cm³/mol. The molecule has 0 bridgehead atoms. The molecule has 82 valence electrons. The summed E-state index contributed by atoms with van der Waals surface area (Å²) in [6.07, 6.45) is 0. The molecule has 1 heterocycles. The molecule has 1 aromatic heterocycles. The number of hydrogen-bond acceptors (Lipinski definition) is 4. The summed E-state index contributed by atoms with van der Waals surface area (Å²) in [6.45, 7) is 0. The van der Waals surface area contributed by atoms with Gasteiger partial charge in [-0.25, -0.2) is 4.79 Å². The number of nitrogens with zero attached hydrogens (tertiary/aromatic N) is 2. The van der Waals surface area contributed by atoms with Crippen LogP contribution >= 0.6 is 12.2 Å². The lowest BCUT2D eigenvalue weighted by Crippen LogP contribution is -2.41. The van der Waals surface area contributed by atoms with Gasteiger partial charge in [0, 0.05) is 20.2 Å². The Hall–Kier alpha value is -1.83. The summed E-state index contributed by atoms with van der Waals surface area (Å²) in [5, 5.41) is 0.0168. The van der Waals surface area contributed by atoms with E-state index in [0.29, 0.717) is 0 Å². The first kappa shape index (κ1) is 11.2. The highest BCUT2D eigenvalue weighted by molar-refractivity contribution is 7.80. The molecular formula is C7H11N5O2S. The van der Waals surface area contributed by atoms with E-state index in [0.717, 1.165) is 4.57 Å². The lowest BCUT2D eigenvalue weighted by molar-refractivity contribution is 0.687. The molecule has 0 spiro atoms. The van der Waals surface area contributed by atoms with Gasteiger partial charge in [-0.1, -0.05) is 0 Å². The largest absolute Gasteiger partial charge is 0.375 e. The van der Waals surface area contributed by atoms with Crippen LogP contribution in [0, 0.1) is 0 Å². The van der Waals surface area contributed by atoms with Gasteiger partial charge in [0.25, 0.3) is 5.56 Å². The first-order valence-corrected chi connectivity index (χ1v) is 4.43. The van der Waals surface area contributed by atoms with E-state index in [1.807, 2.05) is 0 Å². The van der Waals surface area contributed by atoms with E-state index in [1.165, 1.54) is 24.7 Å². The second kappa shape index (κ2) is 4.13. The molecule has 0 aliphatic carbocycles. The van der Waals surface area contributed by atoms with Crippen LogP contribution in [0.4, 0.5) is 5.82 Å². The highest BCUT2D eigenvalue weighted by atomic mass is 32.1. The number of aromatic nitrogens is 2. The van der Waals surface area contributed by atoms with Crippen LogP contribution in [-0.2, 0) is 14.1 Å². The zero-order chi connectivity index (χ0) is 11.6. The standard InChI is InChI=1S/C7H11N5O2S/c1-11-4(9-10-6(8)15)3-5(13)12(2)7(11)14/h3,9H,1-2H3,(H3,8,10,15). The molecule has 0 aliphatic rings. The average Bonchev–Trinajstić information content (AvgIpc) is 2.18. The highest BCUT2D eigenvalue weighted by Gasteiger charge is 2.04. The second-order valence-corrected chi connectivity index (χ2v) is 3.32. The Morgan fingerprint density at radius 1 is 1.40 bits per heavy atom. The van der Waals surface area contributed by atoms with Gasteiger partial charge in [-0.05, 0) is 12.2 Å². The topological polar surface area (TPSA) is 94.1 Å². The quantitative estimate of drug-likeness (QED) is 0.411. The third-order valence-electron chi connectivity index (χ3n) is 1.84. The summed E-state index contributed by atoms with van der Waals surface area (Å²) in [7, 11) is 2.92. The minimum Gasteiger partial charge on any atom is -0.375 e. The van der Waals surface area contributed by atoms with E-state index in [1.54, 1.807) is 0 Å². The maximum Gasteiger partial charge on any atom is 0.332 e. The molecule has 0 saturated heterocycles. The zero-order valence-electron chi connectivity index (χ0n) is 8.27. The molecule has 0 aliphatic heterocycles. The SMILES string of the molecule is Cn1c(NNC(N)=S)cc(=O)n(C)c1=O. The molecule has 0 fully saturated rings. The molecule has 0 atom stereocenters. The van der Waals surface area contributed by atoms with Gasteiger partial charge >= 0.3 is 5.69 Å². The molecule has 0 amide bonds. The smallest absolute Gasteiger partial charge is 0.332 e. The van der Waals surface area contributed by atoms with Crippen molar-refractivity contribution in [3.63, 3.8) is 0 Å². The van der Waals surface area contributed by atoms with Crippen molar-refractivity contribution in [3.8, 4) is 0 Å². The van der Waals surface area contributed by atoms with Gasteiger partial charge in [-0.2, -0.15) is 0 Å². The normalized spacial score (nSPS) is 9.73. The number of rotatable bonds is 2. The molecular weight excluding hydrogens is 218 g/mol. The minimum atomic E-state index is -0.435. The summed E-state index contributed by atoms with van der Waals surface area (Å²) >= 11 is 4.56. The highest BCUT2D eigenvalue weighted by Crippen LogP contribution is 1.94. The molecule has 15 heavy (non-hydrogen) atoms. The van der Waals surface area contributed by atoms with E-state index >= 15 is 0 Å². The van der Waals surface area contributed by atoms with Crippen molar-refractivity contribution in [3.05, 3.63) is 26.9 Å². The number of hydrazine groups is 1. The van der Waals surface area contributed by atoms with E-state index in [9.17, 15) is 9.59 Å². The van der Waals surface area contributed by atoms with E-state index in [2.05, 4.69) is 23.1 Å². The molecule has 7 nitrogen and oxygen atoms in total. The Labute approximate surface area is 90.5 Å². The third kappa shape index (κ3) is 2.34. The molecule has 0 unspecified atom stereocenters. The fourth-order valence-electron chi connectivity index (χ4n) is 0.978. The van der Waals surface area contributed by atoms with Crippen LogP contribution in [-0.4, -0.2) is 14.2 Å². The average molecular weight is 229 g/mol. The van der Waals surface area contributed by atoms with Gasteiger partial charge in [0.15, 0.2) is 5.11 Å². The maximum atomic E-state index is 11.4. The lowest BCUT2D eigenvalue weighted by atomic mass is 10.5. The van der Waals surface area contributed by atoms with Crippen molar-refractivity contribution in [1.29, 1.82) is 0 Å². The van der Waals surface area contributed by atoms with Crippen molar-refractivity contribution in [2.24, 2.45) is 19.8 Å². The van der Waals surface area contributed by atoms with Gasteiger partial charge in [0.2, 0.25) is 0 Å². The van der Waals surface area contributed by atoms with Gasteiger partial charge in [0.1, 0.15) is 5.82 Å². The fourth-order valence-corrected chi connectivity index (χ4v) is 1.03. The molecule has 0 aromatic carbocycles. The maximum absolute atomic E-state index is 11.4. The van der Waals surface area contributed by atoms with E-state index < -0.39 is 11.2 Å². The Kier molecular flexibility index (Phi) is 3.10. The Bertz CT molecular complexity index is 503. The van der Waals surface area contributed by atoms with Gasteiger partial charge < -0.3 is 5.73 Å². The monoisotopic (exact) mass is 229 g/mol. The Balaban J connectivity index is 3.16. The number of anilines is 1. The fraction of sp³-hybridized carbons (Fsp3) is 0.286. The van der Waals surface area contributed by atoms with Crippen LogP contribution in [0.25, 0.3) is 0 Å². The van der Waals surface area contributed by atoms with Crippen molar-refractivity contribution >= 4 is 23.1 Å². The van der Waals surface area contributed by atoms with Crippen molar-refractivity contribution in [1.82, 2.24) is 14.6 Å². The lowest BCUT2D eigenvalue weighted by Gasteiger charge is -2.11. The Morgan fingerprint density at radius 2 is 2.00 bits per heavy atom. The summed E-state index contributed by atoms with van der Waals surface area (Å²) in [6, 6.07) is 1.26. The first-order valence-electron chi connectivity index (χ1n) is 4.02. The summed E-state index contributed by atoms with van der Waals surface area (Å²) < 4.78 is 2.25. The van der Waals surface area contributed by atoms with Gasteiger partial charge in [0.05, 0.1) is 0 Å². The first-order chi connectivity index (χ1) is 6.93. The van der Waals surface area contributed by atoms with Crippen molar-refractivity contribution in [2.75, 3.05) is 5.43 Å². The third-order valence-corrected chi connectivity index (χ3v) is 1.94. The minimum absolute atomic E-state index is 0.0168. The van der Waals surface area contributed by atoms with Crippen LogP contribution in [0.2, 0.25) is 0 Å². The Morgan fingerprint density at radius 3 is 2.53 bits per heavy atom. The predicted octanol–water partition coefficient (Wildman–Crippen LogP) is -1.76. The van der Waals surface area contributed by atoms with Gasteiger partial charge in [-0.3, -0.25) is 24.8 Å². The van der Waals surface area contributed by atoms with Gasteiger partial charge in [-0.15, -0.1) is 0 Å². The molecule has 1 rings (SSSR count). The van der Waals surface area contributed by atoms with Crippen molar-refractivity contribution in [2.45, 2.75) is 0 Å². The zero-order valence-corrected chi connectivity index (χ0v) is 9.09. The summed E-state index contributed by atoms with van der Waals surface area (Å²) in [5.41, 5.74) is 9.32. The van der Waals surface area contributed by atoms with Crippen LogP contribution in [0.15, 0.2) is 15.7 Å². The molecule has 0 radical (unpaired) electrons. The van der Waals surface area contributed by atoms with Crippen LogP contribution in [0.3, 0.4) is 0 Å². The van der Waals surface area contributed by atoms with Crippen LogP contribution < -0.4 is 27.8 Å². The molecule has 4 N–H and O–H groups in total. The van der Waals surface area contributed by atoms with Crippen molar-refractivity contribution < 1.29 is 0 Å².